The third-order valence-electron chi connectivity index (χ3n) is 0.411. The van der Waals surface area contributed by atoms with E-state index in [4.69, 9.17) is 5.53 Å². The summed E-state index contributed by atoms with van der Waals surface area (Å²) in [6.45, 7) is 0. The third-order valence-corrected chi connectivity index (χ3v) is 0.411. The molecule has 0 aliphatic rings. The van der Waals surface area contributed by atoms with Crippen LogP contribution in [0.15, 0.2) is 10.5 Å². The Hall–Kier alpha value is -2.09. The van der Waals surface area contributed by atoms with Gasteiger partial charge in [-0.2, -0.15) is 4.91 Å². The highest BCUT2D eigenvalue weighted by atomic mass is 16.7. The molecule has 0 aliphatic heterocycles. The average Bonchev–Trinajstić information content (AvgIpc) is 1.89. The van der Waals surface area contributed by atoms with Crippen molar-refractivity contribution in [3.8, 4) is 0 Å². The summed E-state index contributed by atoms with van der Waals surface area (Å²) >= 11 is 0. The summed E-state index contributed by atoms with van der Waals surface area (Å²) in [6, 6.07) is 0. The first kappa shape index (κ1) is 7.91. The van der Waals surface area contributed by atoms with Gasteiger partial charge in [0.2, 0.25) is 5.23 Å². The fraction of sp³-hybridized carbons (Fsp3) is 0. The maximum atomic E-state index is 9.63. The lowest BCUT2D eigenvalue weighted by atomic mass is 12.1. The smallest absolute Gasteiger partial charge is 0.336 e. The minimum absolute atomic E-state index is 0.375. The molecule has 0 aromatic carbocycles. The number of nitrogens with one attached hydrogen (secondary N) is 1. The molecule has 1 N–H and O–H groups in total. The van der Waals surface area contributed by atoms with Crippen LogP contribution in [-0.2, 0) is 0 Å². The van der Waals surface area contributed by atoms with Crippen LogP contribution in [0.5, 0.6) is 0 Å². The molecular weight excluding hydrogens is 146 g/mol. The Morgan fingerprint density at radius 3 is 2.70 bits per heavy atom. The number of nitro groups is 1. The van der Waals surface area contributed by atoms with Crippen molar-refractivity contribution < 1.29 is 5.03 Å². The normalized spacial score (nSPS) is 7.20. The van der Waals surface area contributed by atoms with E-state index in [1.54, 1.807) is 0 Å². The Labute approximate surface area is 53.0 Å². The molecule has 0 spiro atoms. The molecule has 0 atom stereocenters. The highest BCUT2D eigenvalue weighted by Gasteiger charge is 2.15. The second kappa shape index (κ2) is 3.86. The van der Waals surface area contributed by atoms with Gasteiger partial charge in [-0.25, -0.2) is 0 Å². The van der Waals surface area contributed by atoms with Gasteiger partial charge in [-0.05, 0) is 0 Å². The summed E-state index contributed by atoms with van der Waals surface area (Å²) in [5.74, 6) is 0. The molecule has 10 heteroatoms. The standard InChI is InChI=1S/HN7O3/c1-2-3-4-6(5-8)7(9)10/h4H. The number of azide groups is 1. The minimum atomic E-state index is -1.19. The number of rotatable bonds is 4. The first-order valence-corrected chi connectivity index (χ1v) is 1.79. The van der Waals surface area contributed by atoms with Gasteiger partial charge < -0.3 is 10.1 Å². The van der Waals surface area contributed by atoms with Crippen LogP contribution in [0.1, 0.15) is 0 Å². The Balaban J connectivity index is 3.95. The zero-order valence-corrected chi connectivity index (χ0v) is 4.41. The van der Waals surface area contributed by atoms with E-state index in [1.807, 2.05) is 5.29 Å². The van der Waals surface area contributed by atoms with Crippen molar-refractivity contribution in [3.05, 3.63) is 25.5 Å². The highest BCUT2D eigenvalue weighted by molar-refractivity contribution is 4.32. The summed E-state index contributed by atoms with van der Waals surface area (Å²) < 4.78 is 0. The van der Waals surface area contributed by atoms with Crippen LogP contribution in [-0.4, -0.2) is 10.3 Å². The summed E-state index contributed by atoms with van der Waals surface area (Å²) in [6.07, 6.45) is 0. The van der Waals surface area contributed by atoms with Gasteiger partial charge in [-0.1, -0.05) is 5.53 Å². The van der Waals surface area contributed by atoms with Gasteiger partial charge >= 0.3 is 5.29 Å². The molecule has 0 aliphatic carbocycles. The molecule has 0 amide bonds. The van der Waals surface area contributed by atoms with Gasteiger partial charge in [0.25, 0.3) is 0 Å². The maximum absolute atomic E-state index is 9.63. The van der Waals surface area contributed by atoms with Crippen LogP contribution in [0.2, 0.25) is 0 Å². The highest BCUT2D eigenvalue weighted by Crippen LogP contribution is 1.81. The molecule has 0 rings (SSSR count). The zero-order valence-electron chi connectivity index (χ0n) is 4.41. The molecule has 0 heterocycles. The molecule has 0 aromatic rings. The van der Waals surface area contributed by atoms with Crippen molar-refractivity contribution in [1.29, 1.82) is 0 Å². The topological polar surface area (TPSA) is 137 Å². The summed E-state index contributed by atoms with van der Waals surface area (Å²) in [5.41, 5.74) is 8.98. The van der Waals surface area contributed by atoms with Crippen molar-refractivity contribution in [1.82, 2.24) is 10.8 Å². The average molecular weight is 147 g/mol. The maximum Gasteiger partial charge on any atom is 0.353 e. The minimum Gasteiger partial charge on any atom is -0.336 e. The first-order valence-electron chi connectivity index (χ1n) is 1.79. The van der Waals surface area contributed by atoms with Crippen molar-refractivity contribution in [2.75, 3.05) is 0 Å². The van der Waals surface area contributed by atoms with Crippen LogP contribution in [0, 0.1) is 15.0 Å². The van der Waals surface area contributed by atoms with Crippen LogP contribution >= 0.6 is 0 Å². The van der Waals surface area contributed by atoms with Crippen LogP contribution < -0.4 is 5.53 Å². The van der Waals surface area contributed by atoms with E-state index in [9.17, 15) is 15.0 Å². The second-order valence-electron chi connectivity index (χ2n) is 0.898. The molecule has 0 bridgehead atoms. The molecule has 0 saturated heterocycles. The monoisotopic (exact) mass is 147 g/mol. The van der Waals surface area contributed by atoms with E-state index >= 15 is 0 Å². The van der Waals surface area contributed by atoms with Crippen molar-refractivity contribution in [2.24, 2.45) is 10.5 Å². The largest absolute Gasteiger partial charge is 0.353 e. The SMILES string of the molecule is [N-]=[N+]=NNN(N=O)[N+](=O)[O-]. The number of hydrogen-bond acceptors (Lipinski definition) is 5. The Morgan fingerprint density at radius 1 is 1.80 bits per heavy atom. The molecule has 0 aromatic heterocycles. The molecule has 0 fully saturated rings. The lowest BCUT2D eigenvalue weighted by molar-refractivity contribution is -0.673. The molecule has 0 radical (unpaired) electrons. The number of nitroso groups, excluding NO2 is 1. The predicted molar refractivity (Wildman–Crippen MR) is 26.9 cm³/mol. The Bertz CT molecular complexity index is 177. The van der Waals surface area contributed by atoms with E-state index in [2.05, 4.69) is 10.1 Å². The van der Waals surface area contributed by atoms with Crippen LogP contribution in [0.4, 0.5) is 0 Å². The van der Waals surface area contributed by atoms with Gasteiger partial charge in [0, 0.05) is 10.1 Å². The van der Waals surface area contributed by atoms with Crippen molar-refractivity contribution in [2.45, 2.75) is 0 Å². The molecule has 0 saturated carbocycles. The van der Waals surface area contributed by atoms with Gasteiger partial charge in [0.15, 0.2) is 0 Å². The Morgan fingerprint density at radius 2 is 2.40 bits per heavy atom. The van der Waals surface area contributed by atoms with Crippen molar-refractivity contribution >= 4 is 0 Å². The summed E-state index contributed by atoms with van der Waals surface area (Å²) in [4.78, 5) is 21.1. The fourth-order valence-corrected chi connectivity index (χ4v) is 0.145. The van der Waals surface area contributed by atoms with E-state index in [0.29, 0.717) is 0 Å². The van der Waals surface area contributed by atoms with E-state index in [-0.39, 0.29) is 5.23 Å². The Kier molecular flexibility index (Phi) is 3.05. The zero-order chi connectivity index (χ0) is 7.98. The lowest BCUT2D eigenvalue weighted by Gasteiger charge is -1.95. The lowest BCUT2D eigenvalue weighted by Crippen LogP contribution is -2.33. The second-order valence-corrected chi connectivity index (χ2v) is 0.898. The number of hydrogen-bond donors (Lipinski definition) is 1. The van der Waals surface area contributed by atoms with Gasteiger partial charge in [0.1, 0.15) is 0 Å². The first-order chi connectivity index (χ1) is 4.72. The summed E-state index contributed by atoms with van der Waals surface area (Å²) in [7, 11) is 0. The molecule has 10 nitrogen and oxygen atoms in total. The quantitative estimate of drug-likeness (QED) is 0.148. The molecule has 10 heavy (non-hydrogen) atoms. The number of hydrazine groups is 2. The van der Waals surface area contributed by atoms with Crippen LogP contribution in [0.25, 0.3) is 10.4 Å². The van der Waals surface area contributed by atoms with Crippen molar-refractivity contribution in [3.63, 3.8) is 0 Å². The molecule has 54 valence electrons. The molecule has 0 unspecified atom stereocenters. The third kappa shape index (κ3) is 2.28. The summed E-state index contributed by atoms with van der Waals surface area (Å²) in [5, 5.41) is 12.4. The molecular formula is HN7O3. The predicted octanol–water partition coefficient (Wildman–Crippen LogP) is -0.109. The van der Waals surface area contributed by atoms with Gasteiger partial charge in [0.05, 0.1) is 5.03 Å². The van der Waals surface area contributed by atoms with Gasteiger partial charge in [-0.3, -0.25) is 0 Å². The van der Waals surface area contributed by atoms with Crippen LogP contribution in [0.3, 0.4) is 0 Å². The van der Waals surface area contributed by atoms with Gasteiger partial charge in [-0.15, -0.1) is 5.53 Å². The van der Waals surface area contributed by atoms with E-state index in [0.717, 1.165) is 0 Å². The van der Waals surface area contributed by atoms with E-state index < -0.39 is 5.03 Å². The number of nitrogens with zero attached hydrogens (tertiary/aromatic N) is 6. The van der Waals surface area contributed by atoms with E-state index in [1.165, 1.54) is 5.53 Å². The fourth-order valence-electron chi connectivity index (χ4n) is 0.145.